The molecule has 0 N–H and O–H groups in total. The Morgan fingerprint density at radius 3 is 2.70 bits per heavy atom. The van der Waals surface area contributed by atoms with Gasteiger partial charge in [-0.05, 0) is 36.6 Å². The number of rotatable bonds is 8. The van der Waals surface area contributed by atoms with E-state index in [1.807, 2.05) is 6.07 Å². The number of hydrogen-bond donors (Lipinski definition) is 0. The number of carbonyl (C=O) groups excluding carboxylic acids is 1. The summed E-state index contributed by atoms with van der Waals surface area (Å²) >= 11 is 3.23. The van der Waals surface area contributed by atoms with Gasteiger partial charge in [-0.15, -0.1) is 24.2 Å². The number of methoxy groups -OCH3 is 2. The molecule has 1 aromatic heterocycles. The minimum absolute atomic E-state index is 0. The fraction of sp³-hybridized carbons (Fsp3) is 0.391. The third-order valence-electron chi connectivity index (χ3n) is 5.44. The van der Waals surface area contributed by atoms with Crippen LogP contribution < -0.4 is 14.4 Å². The predicted octanol–water partition coefficient (Wildman–Crippen LogP) is 4.44. The molecule has 1 saturated heterocycles. The molecule has 7 nitrogen and oxygen atoms in total. The van der Waals surface area contributed by atoms with Gasteiger partial charge in [0.05, 0.1) is 43.2 Å². The Hall–Kier alpha value is -2.04. The molecule has 0 unspecified atom stereocenters. The number of amides is 1. The van der Waals surface area contributed by atoms with Gasteiger partial charge in [-0.25, -0.2) is 4.98 Å². The average Bonchev–Trinajstić information content (AvgIpc) is 3.26. The van der Waals surface area contributed by atoms with Crippen LogP contribution in [0.4, 0.5) is 5.13 Å². The van der Waals surface area contributed by atoms with Crippen LogP contribution in [0.25, 0.3) is 10.2 Å². The van der Waals surface area contributed by atoms with Crippen molar-refractivity contribution >= 4 is 56.8 Å². The molecule has 0 atom stereocenters. The highest BCUT2D eigenvalue weighted by atomic mass is 35.5. The lowest BCUT2D eigenvalue weighted by Gasteiger charge is -2.29. The highest BCUT2D eigenvalue weighted by Gasteiger charge is 2.26. The number of hydrogen-bond acceptors (Lipinski definition) is 8. The molecule has 0 spiro atoms. The number of para-hydroxylation sites is 1. The second-order valence-electron chi connectivity index (χ2n) is 7.28. The maximum absolute atomic E-state index is 13.8. The number of ether oxygens (including phenoxy) is 3. The summed E-state index contributed by atoms with van der Waals surface area (Å²) in [5.41, 5.74) is 1.35. The van der Waals surface area contributed by atoms with Crippen LogP contribution in [0.5, 0.6) is 11.5 Å². The number of thioether (sulfide) groups is 1. The standard InChI is InChI=1S/C23H27N3O4S2.ClH/c1-28-19-6-4-5-17(21(19)29-2)22(27)26(10-9-25-11-13-30-14-12-25)23-24-18-8-7-16(31-3)15-20(18)32-23;/h4-8,15H,9-14H2,1-3H3;1H. The summed E-state index contributed by atoms with van der Waals surface area (Å²) in [7, 11) is 3.12. The summed E-state index contributed by atoms with van der Waals surface area (Å²) in [5, 5.41) is 0.682. The summed E-state index contributed by atoms with van der Waals surface area (Å²) in [6.45, 7) is 4.43. The number of aromatic nitrogens is 1. The molecule has 4 rings (SSSR count). The number of carbonyl (C=O) groups is 1. The fourth-order valence-corrected chi connectivity index (χ4v) is 5.23. The van der Waals surface area contributed by atoms with Gasteiger partial charge in [0.1, 0.15) is 0 Å². The Morgan fingerprint density at radius 1 is 1.21 bits per heavy atom. The molecule has 1 amide bonds. The molecule has 0 aliphatic carbocycles. The first-order valence-electron chi connectivity index (χ1n) is 10.4. The van der Waals surface area contributed by atoms with Crippen molar-refractivity contribution in [2.24, 2.45) is 0 Å². The molecule has 33 heavy (non-hydrogen) atoms. The monoisotopic (exact) mass is 509 g/mol. The second kappa shape index (κ2) is 11.9. The van der Waals surface area contributed by atoms with E-state index in [-0.39, 0.29) is 18.3 Å². The predicted molar refractivity (Wildman–Crippen MR) is 137 cm³/mol. The van der Waals surface area contributed by atoms with Gasteiger partial charge >= 0.3 is 0 Å². The molecule has 2 heterocycles. The first-order valence-corrected chi connectivity index (χ1v) is 12.5. The van der Waals surface area contributed by atoms with Crippen LogP contribution >= 0.6 is 35.5 Å². The summed E-state index contributed by atoms with van der Waals surface area (Å²) in [6.07, 6.45) is 2.05. The van der Waals surface area contributed by atoms with E-state index in [1.54, 1.807) is 49.1 Å². The van der Waals surface area contributed by atoms with Crippen molar-refractivity contribution in [3.8, 4) is 11.5 Å². The van der Waals surface area contributed by atoms with Crippen LogP contribution in [0.15, 0.2) is 41.3 Å². The quantitative estimate of drug-likeness (QED) is 0.416. The number of morpholine rings is 1. The van der Waals surface area contributed by atoms with E-state index < -0.39 is 0 Å². The van der Waals surface area contributed by atoms with Crippen LogP contribution in [-0.4, -0.2) is 75.7 Å². The summed E-state index contributed by atoms with van der Waals surface area (Å²) in [5.74, 6) is 0.806. The zero-order chi connectivity index (χ0) is 22.5. The summed E-state index contributed by atoms with van der Waals surface area (Å²) < 4.78 is 17.5. The van der Waals surface area contributed by atoms with Gasteiger partial charge in [0, 0.05) is 31.1 Å². The number of thiazole rings is 1. The topological polar surface area (TPSA) is 64.1 Å². The van der Waals surface area contributed by atoms with Crippen molar-refractivity contribution in [3.63, 3.8) is 0 Å². The van der Waals surface area contributed by atoms with Gasteiger partial charge in [-0.2, -0.15) is 0 Å². The minimum atomic E-state index is -0.154. The van der Waals surface area contributed by atoms with Gasteiger partial charge in [0.25, 0.3) is 5.91 Å². The molecule has 1 fully saturated rings. The van der Waals surface area contributed by atoms with E-state index in [4.69, 9.17) is 19.2 Å². The van der Waals surface area contributed by atoms with Crippen LogP contribution in [0.3, 0.4) is 0 Å². The number of nitrogens with zero attached hydrogens (tertiary/aromatic N) is 3. The highest BCUT2D eigenvalue weighted by Crippen LogP contribution is 2.35. The van der Waals surface area contributed by atoms with E-state index in [0.717, 1.165) is 43.1 Å². The van der Waals surface area contributed by atoms with Crippen molar-refractivity contribution in [3.05, 3.63) is 42.0 Å². The van der Waals surface area contributed by atoms with E-state index >= 15 is 0 Å². The first-order chi connectivity index (χ1) is 15.6. The highest BCUT2D eigenvalue weighted by molar-refractivity contribution is 7.98. The largest absolute Gasteiger partial charge is 0.493 e. The summed E-state index contributed by atoms with van der Waals surface area (Å²) in [6, 6.07) is 11.6. The van der Waals surface area contributed by atoms with Crippen molar-refractivity contribution in [2.75, 3.05) is 64.8 Å². The van der Waals surface area contributed by atoms with Crippen molar-refractivity contribution in [1.29, 1.82) is 0 Å². The molecule has 0 bridgehead atoms. The van der Waals surface area contributed by atoms with E-state index in [1.165, 1.54) is 16.2 Å². The van der Waals surface area contributed by atoms with E-state index in [9.17, 15) is 4.79 Å². The lowest BCUT2D eigenvalue weighted by atomic mass is 10.1. The molecule has 0 saturated carbocycles. The molecule has 1 aliphatic rings. The Morgan fingerprint density at radius 2 is 2.00 bits per heavy atom. The van der Waals surface area contributed by atoms with Crippen molar-refractivity contribution in [1.82, 2.24) is 9.88 Å². The lowest BCUT2D eigenvalue weighted by Crippen LogP contribution is -2.43. The Labute approximate surface area is 208 Å². The zero-order valence-corrected chi connectivity index (χ0v) is 21.4. The molecule has 2 aromatic carbocycles. The SMILES string of the molecule is COc1cccc(C(=O)N(CCN2CCOCC2)c2nc3ccc(SC)cc3s2)c1OC.Cl. The number of benzene rings is 2. The van der Waals surface area contributed by atoms with Crippen LogP contribution in [0.1, 0.15) is 10.4 Å². The fourth-order valence-electron chi connectivity index (χ4n) is 3.69. The molecular weight excluding hydrogens is 482 g/mol. The number of fused-ring (bicyclic) bond motifs is 1. The zero-order valence-electron chi connectivity index (χ0n) is 18.9. The average molecular weight is 510 g/mol. The van der Waals surface area contributed by atoms with E-state index in [2.05, 4.69) is 23.3 Å². The Kier molecular flexibility index (Phi) is 9.22. The van der Waals surface area contributed by atoms with Crippen LogP contribution in [0.2, 0.25) is 0 Å². The van der Waals surface area contributed by atoms with Crippen molar-refractivity contribution < 1.29 is 19.0 Å². The molecule has 1 aliphatic heterocycles. The first kappa shape index (κ1) is 25.6. The molecular formula is C23H28ClN3O4S2. The molecule has 0 radical (unpaired) electrons. The maximum atomic E-state index is 13.8. The third kappa shape index (κ3) is 5.73. The number of anilines is 1. The number of halogens is 1. The van der Waals surface area contributed by atoms with Gasteiger partial charge in [-0.3, -0.25) is 14.6 Å². The normalized spacial score (nSPS) is 14.0. The van der Waals surface area contributed by atoms with E-state index in [0.29, 0.717) is 28.7 Å². The molecule has 10 heteroatoms. The molecule has 3 aromatic rings. The Balaban J connectivity index is 0.00000306. The van der Waals surface area contributed by atoms with Crippen LogP contribution in [-0.2, 0) is 4.74 Å². The van der Waals surface area contributed by atoms with Gasteiger partial charge < -0.3 is 14.2 Å². The van der Waals surface area contributed by atoms with Gasteiger partial charge in [0.2, 0.25) is 0 Å². The third-order valence-corrected chi connectivity index (χ3v) is 7.20. The minimum Gasteiger partial charge on any atom is -0.493 e. The van der Waals surface area contributed by atoms with Gasteiger partial charge in [0.15, 0.2) is 16.6 Å². The smallest absolute Gasteiger partial charge is 0.264 e. The second-order valence-corrected chi connectivity index (χ2v) is 9.17. The summed E-state index contributed by atoms with van der Waals surface area (Å²) in [4.78, 5) is 23.8. The Bertz CT molecular complexity index is 1090. The van der Waals surface area contributed by atoms with Gasteiger partial charge in [-0.1, -0.05) is 17.4 Å². The lowest BCUT2D eigenvalue weighted by molar-refractivity contribution is 0.0391. The maximum Gasteiger partial charge on any atom is 0.264 e. The molecule has 178 valence electrons. The van der Waals surface area contributed by atoms with Crippen molar-refractivity contribution in [2.45, 2.75) is 4.90 Å². The van der Waals surface area contributed by atoms with Crippen LogP contribution in [0, 0.1) is 0 Å².